The van der Waals surface area contributed by atoms with Crippen LogP contribution >= 0.6 is 11.3 Å². The molecule has 28 heavy (non-hydrogen) atoms. The second-order valence-electron chi connectivity index (χ2n) is 6.35. The van der Waals surface area contributed by atoms with Crippen LogP contribution in [0.5, 0.6) is 0 Å². The number of carbonyl (C=O) groups is 2. The number of thiophene rings is 1. The summed E-state index contributed by atoms with van der Waals surface area (Å²) in [5.41, 5.74) is 0.940. The van der Waals surface area contributed by atoms with Crippen LogP contribution in [-0.2, 0) is 17.8 Å². The van der Waals surface area contributed by atoms with Crippen molar-refractivity contribution in [2.75, 3.05) is 0 Å². The first-order chi connectivity index (χ1) is 13.3. The summed E-state index contributed by atoms with van der Waals surface area (Å²) in [6, 6.07) is 8.14. The number of halogens is 2. The molecule has 4 rings (SSSR count). The zero-order valence-electron chi connectivity index (χ0n) is 14.3. The van der Waals surface area contributed by atoms with E-state index in [9.17, 15) is 28.6 Å². The van der Waals surface area contributed by atoms with Gasteiger partial charge in [0.1, 0.15) is 17.3 Å². The summed E-state index contributed by atoms with van der Waals surface area (Å²) < 4.78 is 29.8. The quantitative estimate of drug-likeness (QED) is 0.516. The molecule has 0 atom stereocenters. The van der Waals surface area contributed by atoms with Gasteiger partial charge in [-0.3, -0.25) is 4.79 Å². The third-order valence-electron chi connectivity index (χ3n) is 4.61. The maximum Gasteiger partial charge on any atom is 0.352 e. The van der Waals surface area contributed by atoms with Crippen LogP contribution in [0.3, 0.4) is 0 Å². The Labute approximate surface area is 161 Å². The lowest BCUT2D eigenvalue weighted by Gasteiger charge is -2.09. The number of aliphatic carboxylic acids is 1. The molecule has 2 N–H and O–H groups in total. The number of hydrogen-bond donors (Lipinski definition) is 2. The molecule has 0 aliphatic carbocycles. The maximum absolute atomic E-state index is 13.8. The van der Waals surface area contributed by atoms with Crippen LogP contribution in [0.1, 0.15) is 21.6 Å². The van der Waals surface area contributed by atoms with Crippen LogP contribution < -0.4 is 0 Å². The molecule has 0 fully saturated rings. The lowest BCUT2D eigenvalue weighted by molar-refractivity contribution is -0.136. The number of benzene rings is 2. The molecule has 0 radical (unpaired) electrons. The van der Waals surface area contributed by atoms with Gasteiger partial charge in [-0.2, -0.15) is 0 Å². The van der Waals surface area contributed by atoms with E-state index in [1.165, 1.54) is 40.2 Å². The van der Waals surface area contributed by atoms with Crippen molar-refractivity contribution in [3.8, 4) is 0 Å². The lowest BCUT2D eigenvalue weighted by atomic mass is 10.1. The first kappa shape index (κ1) is 18.1. The SMILES string of the molecule is O=C(O)Cc1c(C(=O)O)n(Cc2csc3ccc(F)cc23)c2ccc(F)cc12. The third kappa shape index (κ3) is 3.01. The summed E-state index contributed by atoms with van der Waals surface area (Å²) in [5.74, 6) is -3.51. The summed E-state index contributed by atoms with van der Waals surface area (Å²) >= 11 is 1.40. The van der Waals surface area contributed by atoms with Crippen LogP contribution in [-0.4, -0.2) is 26.7 Å². The molecule has 2 heterocycles. The van der Waals surface area contributed by atoms with Crippen molar-refractivity contribution in [2.45, 2.75) is 13.0 Å². The average molecular weight is 401 g/mol. The van der Waals surface area contributed by atoms with Gasteiger partial charge in [-0.05, 0) is 47.3 Å². The van der Waals surface area contributed by atoms with Crippen molar-refractivity contribution in [2.24, 2.45) is 0 Å². The van der Waals surface area contributed by atoms with E-state index < -0.39 is 30.0 Å². The number of rotatable bonds is 5. The van der Waals surface area contributed by atoms with Gasteiger partial charge in [0, 0.05) is 33.1 Å². The predicted octanol–water partition coefficient (Wildman–Crippen LogP) is 4.51. The molecule has 0 unspecified atom stereocenters. The molecule has 0 aliphatic rings. The lowest BCUT2D eigenvalue weighted by Crippen LogP contribution is -2.13. The van der Waals surface area contributed by atoms with Crippen molar-refractivity contribution in [1.82, 2.24) is 4.57 Å². The Kier molecular flexibility index (Phi) is 4.35. The Morgan fingerprint density at radius 2 is 1.68 bits per heavy atom. The zero-order chi connectivity index (χ0) is 20.0. The predicted molar refractivity (Wildman–Crippen MR) is 101 cm³/mol. The van der Waals surface area contributed by atoms with E-state index in [-0.39, 0.29) is 23.2 Å². The van der Waals surface area contributed by atoms with Crippen molar-refractivity contribution in [1.29, 1.82) is 0 Å². The van der Waals surface area contributed by atoms with E-state index in [2.05, 4.69) is 0 Å². The molecule has 0 saturated heterocycles. The Morgan fingerprint density at radius 1 is 1.00 bits per heavy atom. The van der Waals surface area contributed by atoms with Gasteiger partial charge in [0.15, 0.2) is 0 Å². The minimum Gasteiger partial charge on any atom is -0.481 e. The Bertz CT molecular complexity index is 1260. The summed E-state index contributed by atoms with van der Waals surface area (Å²) in [7, 11) is 0. The first-order valence-electron chi connectivity index (χ1n) is 8.26. The molecule has 0 amide bonds. The van der Waals surface area contributed by atoms with E-state index in [0.29, 0.717) is 16.5 Å². The normalized spacial score (nSPS) is 11.4. The number of carboxylic acid groups (broad SMARTS) is 2. The molecule has 0 aliphatic heterocycles. The van der Waals surface area contributed by atoms with Crippen LogP contribution in [0, 0.1) is 11.6 Å². The highest BCUT2D eigenvalue weighted by molar-refractivity contribution is 7.17. The van der Waals surface area contributed by atoms with E-state index >= 15 is 0 Å². The minimum atomic E-state index is -1.31. The van der Waals surface area contributed by atoms with Crippen molar-refractivity contribution < 1.29 is 28.6 Å². The molecule has 142 valence electrons. The average Bonchev–Trinajstić information content (AvgIpc) is 3.14. The number of aromatic carboxylic acids is 1. The van der Waals surface area contributed by atoms with Crippen molar-refractivity contribution >= 4 is 44.3 Å². The topological polar surface area (TPSA) is 79.5 Å². The second kappa shape index (κ2) is 6.72. The van der Waals surface area contributed by atoms with E-state index in [0.717, 1.165) is 10.8 Å². The summed E-state index contributed by atoms with van der Waals surface area (Å²) in [4.78, 5) is 23.2. The van der Waals surface area contributed by atoms with Gasteiger partial charge in [0.25, 0.3) is 0 Å². The highest BCUT2D eigenvalue weighted by Crippen LogP contribution is 2.32. The zero-order valence-corrected chi connectivity index (χ0v) is 15.1. The summed E-state index contributed by atoms with van der Waals surface area (Å²) in [6.07, 6.45) is -0.548. The number of aromatic nitrogens is 1. The monoisotopic (exact) mass is 401 g/mol. The number of carboxylic acids is 2. The van der Waals surface area contributed by atoms with Gasteiger partial charge in [-0.25, -0.2) is 13.6 Å². The molecule has 2 aromatic carbocycles. The van der Waals surface area contributed by atoms with Crippen LogP contribution in [0.4, 0.5) is 8.78 Å². The number of nitrogens with zero attached hydrogens (tertiary/aromatic N) is 1. The Hall–Kier alpha value is -3.26. The molecule has 0 spiro atoms. The van der Waals surface area contributed by atoms with Gasteiger partial charge in [0.2, 0.25) is 0 Å². The number of fused-ring (bicyclic) bond motifs is 2. The maximum atomic E-state index is 13.8. The van der Waals surface area contributed by atoms with Crippen LogP contribution in [0.2, 0.25) is 0 Å². The van der Waals surface area contributed by atoms with E-state index in [4.69, 9.17) is 0 Å². The van der Waals surface area contributed by atoms with Gasteiger partial charge >= 0.3 is 11.9 Å². The van der Waals surface area contributed by atoms with Crippen LogP contribution in [0.15, 0.2) is 41.8 Å². The Balaban J connectivity index is 1.97. The molecular formula is C20H13F2NO4S. The second-order valence-corrected chi connectivity index (χ2v) is 7.26. The molecular weight excluding hydrogens is 388 g/mol. The van der Waals surface area contributed by atoms with Crippen molar-refractivity contribution in [3.63, 3.8) is 0 Å². The molecule has 0 bridgehead atoms. The van der Waals surface area contributed by atoms with Gasteiger partial charge < -0.3 is 14.8 Å². The molecule has 2 aromatic heterocycles. The van der Waals surface area contributed by atoms with E-state index in [1.807, 2.05) is 5.38 Å². The van der Waals surface area contributed by atoms with Gasteiger partial charge in [0.05, 0.1) is 6.42 Å². The molecule has 0 saturated carbocycles. The summed E-state index contributed by atoms with van der Waals surface area (Å²) in [6.45, 7) is 0.0901. The molecule has 5 nitrogen and oxygen atoms in total. The third-order valence-corrected chi connectivity index (χ3v) is 5.62. The highest BCUT2D eigenvalue weighted by atomic mass is 32.1. The molecule has 4 aromatic rings. The first-order valence-corrected chi connectivity index (χ1v) is 9.14. The van der Waals surface area contributed by atoms with Gasteiger partial charge in [-0.15, -0.1) is 11.3 Å². The van der Waals surface area contributed by atoms with Gasteiger partial charge in [-0.1, -0.05) is 0 Å². The highest BCUT2D eigenvalue weighted by Gasteiger charge is 2.25. The standard InChI is InChI=1S/C20H13F2NO4S/c21-11-1-3-16-14(6-11)15(7-18(24)25)19(20(26)27)23(16)8-10-9-28-17-4-2-12(22)5-13(10)17/h1-6,9H,7-8H2,(H,24,25)(H,26,27). The van der Waals surface area contributed by atoms with Crippen molar-refractivity contribution in [3.05, 3.63) is 70.2 Å². The van der Waals surface area contributed by atoms with Crippen LogP contribution in [0.25, 0.3) is 21.0 Å². The van der Waals surface area contributed by atoms with E-state index in [1.54, 1.807) is 6.07 Å². The smallest absolute Gasteiger partial charge is 0.352 e. The minimum absolute atomic E-state index is 0.0419. The molecule has 8 heteroatoms. The number of hydrogen-bond acceptors (Lipinski definition) is 3. The Morgan fingerprint density at radius 3 is 2.36 bits per heavy atom. The fourth-order valence-corrected chi connectivity index (χ4v) is 4.42. The summed E-state index contributed by atoms with van der Waals surface area (Å²) in [5, 5.41) is 21.7. The largest absolute Gasteiger partial charge is 0.481 e. The fourth-order valence-electron chi connectivity index (χ4n) is 3.48. The fraction of sp³-hybridized carbons (Fsp3) is 0.100.